The number of hydrogen-bond acceptors (Lipinski definition) is 3. The Labute approximate surface area is 113 Å². The number of carboxylic acid groups (broad SMARTS) is 1. The van der Waals surface area contributed by atoms with Gasteiger partial charge in [-0.05, 0) is 19.1 Å². The van der Waals surface area contributed by atoms with E-state index >= 15 is 0 Å². The highest BCUT2D eigenvalue weighted by Gasteiger charge is 2.23. The van der Waals surface area contributed by atoms with Gasteiger partial charge in [0.1, 0.15) is 6.04 Å². The SMILES string of the molecule is CCC[C@H](NC(=O)N(C)C(CC)CSC)C(=O)O. The Hall–Kier alpha value is -0.910. The Balaban J connectivity index is 4.47. The number of carboxylic acids is 1. The second-order valence-electron chi connectivity index (χ2n) is 4.26. The molecule has 1 unspecified atom stereocenters. The predicted molar refractivity (Wildman–Crippen MR) is 75.1 cm³/mol. The molecule has 106 valence electrons. The lowest BCUT2D eigenvalue weighted by Crippen LogP contribution is -2.50. The van der Waals surface area contributed by atoms with Crippen molar-refractivity contribution in [2.45, 2.75) is 45.2 Å². The quantitative estimate of drug-likeness (QED) is 0.711. The van der Waals surface area contributed by atoms with E-state index in [1.54, 1.807) is 23.7 Å². The van der Waals surface area contributed by atoms with Gasteiger partial charge in [0, 0.05) is 18.8 Å². The van der Waals surface area contributed by atoms with Crippen molar-refractivity contribution in [1.29, 1.82) is 0 Å². The first kappa shape index (κ1) is 17.1. The molecule has 0 heterocycles. The zero-order valence-corrected chi connectivity index (χ0v) is 12.4. The third-order valence-corrected chi connectivity index (χ3v) is 3.59. The van der Waals surface area contributed by atoms with E-state index in [1.165, 1.54) is 0 Å². The van der Waals surface area contributed by atoms with Crippen molar-refractivity contribution in [3.05, 3.63) is 0 Å². The van der Waals surface area contributed by atoms with E-state index in [0.29, 0.717) is 6.42 Å². The number of urea groups is 1. The van der Waals surface area contributed by atoms with Crippen molar-refractivity contribution in [2.24, 2.45) is 0 Å². The Kier molecular flexibility index (Phi) is 8.62. The number of nitrogens with zero attached hydrogens (tertiary/aromatic N) is 1. The first-order valence-corrected chi connectivity index (χ1v) is 7.62. The smallest absolute Gasteiger partial charge is 0.326 e. The van der Waals surface area contributed by atoms with Gasteiger partial charge < -0.3 is 15.3 Å². The van der Waals surface area contributed by atoms with Gasteiger partial charge in [-0.15, -0.1) is 0 Å². The van der Waals surface area contributed by atoms with Crippen LogP contribution in [-0.4, -0.2) is 53.1 Å². The molecule has 2 N–H and O–H groups in total. The number of hydrogen-bond donors (Lipinski definition) is 2. The molecule has 0 fully saturated rings. The summed E-state index contributed by atoms with van der Waals surface area (Å²) in [5, 5.41) is 11.6. The van der Waals surface area contributed by atoms with Crippen LogP contribution in [0.2, 0.25) is 0 Å². The highest BCUT2D eigenvalue weighted by molar-refractivity contribution is 7.98. The zero-order valence-electron chi connectivity index (χ0n) is 11.6. The van der Waals surface area contributed by atoms with Gasteiger partial charge in [-0.2, -0.15) is 11.8 Å². The van der Waals surface area contributed by atoms with E-state index in [-0.39, 0.29) is 12.1 Å². The van der Waals surface area contributed by atoms with Gasteiger partial charge in [0.05, 0.1) is 0 Å². The second kappa shape index (κ2) is 9.08. The molecule has 0 aromatic rings. The van der Waals surface area contributed by atoms with Crippen molar-refractivity contribution < 1.29 is 14.7 Å². The molecule has 0 aromatic carbocycles. The third kappa shape index (κ3) is 5.62. The zero-order chi connectivity index (χ0) is 14.1. The van der Waals surface area contributed by atoms with Crippen LogP contribution in [0.15, 0.2) is 0 Å². The summed E-state index contributed by atoms with van der Waals surface area (Å²) in [6.07, 6.45) is 4.03. The first-order chi connectivity index (χ1) is 8.47. The maximum Gasteiger partial charge on any atom is 0.326 e. The van der Waals surface area contributed by atoms with Gasteiger partial charge in [-0.25, -0.2) is 9.59 Å². The lowest BCUT2D eigenvalue weighted by Gasteiger charge is -2.28. The van der Waals surface area contributed by atoms with Crippen molar-refractivity contribution in [1.82, 2.24) is 10.2 Å². The molecule has 6 heteroatoms. The van der Waals surface area contributed by atoms with Crippen LogP contribution < -0.4 is 5.32 Å². The molecule has 0 saturated heterocycles. The Bertz CT molecular complexity index is 274. The number of nitrogens with one attached hydrogen (secondary N) is 1. The molecular weight excluding hydrogens is 252 g/mol. The second-order valence-corrected chi connectivity index (χ2v) is 5.17. The average molecular weight is 276 g/mol. The molecule has 0 aliphatic heterocycles. The highest BCUT2D eigenvalue weighted by atomic mass is 32.2. The summed E-state index contributed by atoms with van der Waals surface area (Å²) in [6.45, 7) is 3.92. The van der Waals surface area contributed by atoms with Crippen molar-refractivity contribution in [2.75, 3.05) is 19.1 Å². The largest absolute Gasteiger partial charge is 0.480 e. The summed E-state index contributed by atoms with van der Waals surface area (Å²) in [5.74, 6) is -0.122. The third-order valence-electron chi connectivity index (χ3n) is 2.87. The van der Waals surface area contributed by atoms with E-state index in [2.05, 4.69) is 5.32 Å². The van der Waals surface area contributed by atoms with Gasteiger partial charge in [0.2, 0.25) is 0 Å². The van der Waals surface area contributed by atoms with E-state index in [4.69, 9.17) is 5.11 Å². The topological polar surface area (TPSA) is 69.6 Å². The van der Waals surface area contributed by atoms with E-state index in [9.17, 15) is 9.59 Å². The molecule has 0 bridgehead atoms. The summed E-state index contributed by atoms with van der Waals surface area (Å²) in [4.78, 5) is 24.5. The fourth-order valence-electron chi connectivity index (χ4n) is 1.66. The van der Waals surface area contributed by atoms with E-state index in [1.807, 2.05) is 20.1 Å². The molecular formula is C12H24N2O3S. The Morgan fingerprint density at radius 1 is 1.39 bits per heavy atom. The molecule has 0 aliphatic rings. The number of carbonyl (C=O) groups excluding carboxylic acids is 1. The summed E-state index contributed by atoms with van der Waals surface area (Å²) in [7, 11) is 1.71. The minimum atomic E-state index is -0.975. The Morgan fingerprint density at radius 2 is 2.00 bits per heavy atom. The molecule has 0 aromatic heterocycles. The molecule has 0 rings (SSSR count). The molecule has 18 heavy (non-hydrogen) atoms. The standard InChI is InChI=1S/C12H24N2O3S/c1-5-7-10(11(15)16)13-12(17)14(3)9(6-2)8-18-4/h9-10H,5-8H2,1-4H3,(H,13,17)(H,15,16)/t9?,10-/m0/s1. The highest BCUT2D eigenvalue weighted by Crippen LogP contribution is 2.09. The van der Waals surface area contributed by atoms with Crippen molar-refractivity contribution in [3.8, 4) is 0 Å². The van der Waals surface area contributed by atoms with Crippen LogP contribution in [0.25, 0.3) is 0 Å². The minimum Gasteiger partial charge on any atom is -0.480 e. The number of carbonyl (C=O) groups is 2. The van der Waals surface area contributed by atoms with Crippen LogP contribution in [0.5, 0.6) is 0 Å². The van der Waals surface area contributed by atoms with Crippen LogP contribution in [-0.2, 0) is 4.79 Å². The fraction of sp³-hybridized carbons (Fsp3) is 0.833. The molecule has 2 atom stereocenters. The number of amides is 2. The molecule has 0 aliphatic carbocycles. The molecule has 0 spiro atoms. The molecule has 0 saturated carbocycles. The monoisotopic (exact) mass is 276 g/mol. The van der Waals surface area contributed by atoms with E-state index < -0.39 is 12.0 Å². The lowest BCUT2D eigenvalue weighted by atomic mass is 10.1. The summed E-state index contributed by atoms with van der Waals surface area (Å²) in [5.41, 5.74) is 0. The summed E-state index contributed by atoms with van der Waals surface area (Å²) >= 11 is 1.68. The minimum absolute atomic E-state index is 0.135. The first-order valence-electron chi connectivity index (χ1n) is 6.22. The van der Waals surface area contributed by atoms with Crippen LogP contribution in [0.3, 0.4) is 0 Å². The number of thioether (sulfide) groups is 1. The Morgan fingerprint density at radius 3 is 2.39 bits per heavy atom. The van der Waals surface area contributed by atoms with Gasteiger partial charge >= 0.3 is 12.0 Å². The van der Waals surface area contributed by atoms with Crippen molar-refractivity contribution >= 4 is 23.8 Å². The van der Waals surface area contributed by atoms with Crippen LogP contribution in [0, 0.1) is 0 Å². The molecule has 0 radical (unpaired) electrons. The van der Waals surface area contributed by atoms with E-state index in [0.717, 1.165) is 18.6 Å². The molecule has 2 amide bonds. The van der Waals surface area contributed by atoms with Crippen molar-refractivity contribution in [3.63, 3.8) is 0 Å². The summed E-state index contributed by atoms with van der Waals surface area (Å²) < 4.78 is 0. The average Bonchev–Trinajstić information content (AvgIpc) is 2.34. The van der Waals surface area contributed by atoms with Crippen LogP contribution >= 0.6 is 11.8 Å². The van der Waals surface area contributed by atoms with Gasteiger partial charge in [-0.3, -0.25) is 0 Å². The van der Waals surface area contributed by atoms with Crippen LogP contribution in [0.1, 0.15) is 33.1 Å². The number of aliphatic carboxylic acids is 1. The molecule has 5 nitrogen and oxygen atoms in total. The summed E-state index contributed by atoms with van der Waals surface area (Å²) in [6, 6.07) is -0.968. The van der Waals surface area contributed by atoms with Gasteiger partial charge in [-0.1, -0.05) is 20.3 Å². The lowest BCUT2D eigenvalue weighted by molar-refractivity contribution is -0.139. The van der Waals surface area contributed by atoms with Crippen LogP contribution in [0.4, 0.5) is 4.79 Å². The van der Waals surface area contributed by atoms with Gasteiger partial charge in [0.15, 0.2) is 0 Å². The number of rotatable bonds is 8. The maximum atomic E-state index is 12.0. The normalized spacial score (nSPS) is 13.8. The predicted octanol–water partition coefficient (Wildman–Crippen LogP) is 2.02. The maximum absolute atomic E-state index is 12.0. The van der Waals surface area contributed by atoms with Gasteiger partial charge in [0.25, 0.3) is 0 Å². The fourth-order valence-corrected chi connectivity index (χ4v) is 2.50.